The summed E-state index contributed by atoms with van der Waals surface area (Å²) in [5.74, 6) is 1.71. The van der Waals surface area contributed by atoms with E-state index in [-0.39, 0.29) is 11.8 Å². The molecule has 0 spiro atoms. The Kier molecular flexibility index (Phi) is 2.75. The minimum absolute atomic E-state index is 0.0843. The monoisotopic (exact) mass is 232 g/mol. The Bertz CT molecular complexity index is 545. The summed E-state index contributed by atoms with van der Waals surface area (Å²) in [5.41, 5.74) is 6.89. The Morgan fingerprint density at radius 1 is 1.29 bits per heavy atom. The van der Waals surface area contributed by atoms with Crippen molar-refractivity contribution in [3.05, 3.63) is 24.0 Å². The topological polar surface area (TPSA) is 77.0 Å². The number of nitrogens with two attached hydrogens (primary N) is 1. The molecule has 0 fully saturated rings. The van der Waals surface area contributed by atoms with E-state index < -0.39 is 0 Å². The Hall–Kier alpha value is -2.04. The summed E-state index contributed by atoms with van der Waals surface area (Å²) in [5, 5.41) is 17.6. The van der Waals surface area contributed by atoms with E-state index in [1.54, 1.807) is 18.2 Å². The normalized spacial score (nSPS) is 11.1. The number of hydrogen-bond acceptors (Lipinski definition) is 4. The van der Waals surface area contributed by atoms with Gasteiger partial charge in [-0.1, -0.05) is 0 Å². The minimum Gasteiger partial charge on any atom is -0.506 e. The van der Waals surface area contributed by atoms with Gasteiger partial charge in [0.2, 0.25) is 0 Å². The molecular weight excluding hydrogens is 216 g/mol. The number of phenolic OH excluding ortho intramolecular Hbond substituents is 1. The average molecular weight is 232 g/mol. The molecule has 5 heteroatoms. The van der Waals surface area contributed by atoms with E-state index in [4.69, 9.17) is 5.73 Å². The van der Waals surface area contributed by atoms with E-state index in [9.17, 15) is 5.11 Å². The quantitative estimate of drug-likeness (QED) is 0.614. The van der Waals surface area contributed by atoms with Gasteiger partial charge in [-0.2, -0.15) is 0 Å². The van der Waals surface area contributed by atoms with E-state index in [0.717, 1.165) is 17.2 Å². The molecule has 0 aliphatic rings. The molecule has 90 valence electrons. The van der Waals surface area contributed by atoms with Crippen LogP contribution in [0.25, 0.3) is 11.4 Å². The van der Waals surface area contributed by atoms with Crippen molar-refractivity contribution in [2.75, 3.05) is 5.73 Å². The molecule has 0 bridgehead atoms. The minimum atomic E-state index is 0.0843. The number of aryl methyl sites for hydroxylation is 1. The highest BCUT2D eigenvalue weighted by Crippen LogP contribution is 2.28. The third kappa shape index (κ3) is 1.95. The van der Waals surface area contributed by atoms with Gasteiger partial charge < -0.3 is 15.4 Å². The molecule has 0 radical (unpaired) electrons. The van der Waals surface area contributed by atoms with Gasteiger partial charge in [0.1, 0.15) is 11.6 Å². The number of aromatic hydroxyl groups is 1. The fourth-order valence-corrected chi connectivity index (χ4v) is 1.88. The predicted molar refractivity (Wildman–Crippen MR) is 66.7 cm³/mol. The Morgan fingerprint density at radius 3 is 2.59 bits per heavy atom. The van der Waals surface area contributed by atoms with Crippen LogP contribution < -0.4 is 5.73 Å². The molecule has 3 N–H and O–H groups in total. The molecule has 2 rings (SSSR count). The maximum atomic E-state index is 9.41. The van der Waals surface area contributed by atoms with Crippen LogP contribution in [0, 0.1) is 6.92 Å². The van der Waals surface area contributed by atoms with Crippen LogP contribution in [0.5, 0.6) is 5.75 Å². The maximum absolute atomic E-state index is 9.41. The summed E-state index contributed by atoms with van der Waals surface area (Å²) in [6.07, 6.45) is 0. The van der Waals surface area contributed by atoms with E-state index in [1.807, 2.05) is 11.5 Å². The fourth-order valence-electron chi connectivity index (χ4n) is 1.88. The van der Waals surface area contributed by atoms with Crippen LogP contribution >= 0.6 is 0 Å². The smallest absolute Gasteiger partial charge is 0.164 e. The van der Waals surface area contributed by atoms with Crippen LogP contribution in [0.3, 0.4) is 0 Å². The van der Waals surface area contributed by atoms with Crippen LogP contribution in [0.1, 0.15) is 25.7 Å². The van der Waals surface area contributed by atoms with E-state index in [1.165, 1.54) is 0 Å². The second-order valence-corrected chi connectivity index (χ2v) is 4.31. The first kappa shape index (κ1) is 11.4. The van der Waals surface area contributed by atoms with E-state index in [2.05, 4.69) is 24.0 Å². The first-order chi connectivity index (χ1) is 8.00. The van der Waals surface area contributed by atoms with Crippen molar-refractivity contribution in [1.29, 1.82) is 0 Å². The number of benzene rings is 1. The first-order valence-electron chi connectivity index (χ1n) is 5.51. The predicted octanol–water partition coefficient (Wildman–Crippen LogP) is 2.12. The molecule has 0 aliphatic heterocycles. The second-order valence-electron chi connectivity index (χ2n) is 4.31. The Balaban J connectivity index is 2.56. The van der Waals surface area contributed by atoms with Gasteiger partial charge in [0.25, 0.3) is 0 Å². The molecule has 0 saturated carbocycles. The summed E-state index contributed by atoms with van der Waals surface area (Å²) < 4.78 is 2.03. The molecular formula is C12H16N4O. The van der Waals surface area contributed by atoms with Gasteiger partial charge in [-0.15, -0.1) is 10.2 Å². The SMILES string of the molecule is Cc1nnc(-c2ccc(O)c(N)c2)n1C(C)C. The van der Waals surface area contributed by atoms with Gasteiger partial charge in [-0.05, 0) is 39.0 Å². The number of phenols is 1. The summed E-state index contributed by atoms with van der Waals surface area (Å²) in [6.45, 7) is 6.06. The molecule has 0 aliphatic carbocycles. The maximum Gasteiger partial charge on any atom is 0.164 e. The molecule has 1 aromatic carbocycles. The van der Waals surface area contributed by atoms with Crippen LogP contribution in [0.2, 0.25) is 0 Å². The Labute approximate surface area is 99.9 Å². The lowest BCUT2D eigenvalue weighted by molar-refractivity contribution is 0.478. The van der Waals surface area contributed by atoms with Gasteiger partial charge in [-0.3, -0.25) is 0 Å². The van der Waals surface area contributed by atoms with Crippen LogP contribution in [-0.4, -0.2) is 19.9 Å². The number of rotatable bonds is 2. The molecule has 2 aromatic rings. The number of nitrogen functional groups attached to an aromatic ring is 1. The summed E-state index contributed by atoms with van der Waals surface area (Å²) in [6, 6.07) is 5.33. The van der Waals surface area contributed by atoms with E-state index >= 15 is 0 Å². The first-order valence-corrected chi connectivity index (χ1v) is 5.51. The highest BCUT2D eigenvalue weighted by atomic mass is 16.3. The van der Waals surface area contributed by atoms with Crippen LogP contribution in [0.4, 0.5) is 5.69 Å². The lowest BCUT2D eigenvalue weighted by Gasteiger charge is -2.12. The standard InChI is InChI=1S/C12H16N4O/c1-7(2)16-8(3)14-15-12(16)9-4-5-11(17)10(13)6-9/h4-7,17H,13H2,1-3H3. The van der Waals surface area contributed by atoms with Crippen molar-refractivity contribution in [1.82, 2.24) is 14.8 Å². The van der Waals surface area contributed by atoms with Crippen molar-refractivity contribution in [3.8, 4) is 17.1 Å². The van der Waals surface area contributed by atoms with Gasteiger partial charge in [0.05, 0.1) is 5.69 Å². The van der Waals surface area contributed by atoms with Gasteiger partial charge in [-0.25, -0.2) is 0 Å². The highest BCUT2D eigenvalue weighted by molar-refractivity contribution is 5.66. The number of nitrogens with zero attached hydrogens (tertiary/aromatic N) is 3. The number of hydrogen-bond donors (Lipinski definition) is 2. The lowest BCUT2D eigenvalue weighted by Crippen LogP contribution is -2.05. The van der Waals surface area contributed by atoms with E-state index in [0.29, 0.717) is 5.69 Å². The summed E-state index contributed by atoms with van der Waals surface area (Å²) >= 11 is 0. The fraction of sp³-hybridized carbons (Fsp3) is 0.333. The van der Waals surface area contributed by atoms with Crippen molar-refractivity contribution in [2.24, 2.45) is 0 Å². The molecule has 1 aromatic heterocycles. The zero-order valence-electron chi connectivity index (χ0n) is 10.2. The molecule has 0 unspecified atom stereocenters. The highest BCUT2D eigenvalue weighted by Gasteiger charge is 2.14. The molecule has 5 nitrogen and oxygen atoms in total. The average Bonchev–Trinajstić information content (AvgIpc) is 2.64. The van der Waals surface area contributed by atoms with Crippen LogP contribution in [0.15, 0.2) is 18.2 Å². The van der Waals surface area contributed by atoms with Crippen molar-refractivity contribution >= 4 is 5.69 Å². The summed E-state index contributed by atoms with van der Waals surface area (Å²) in [7, 11) is 0. The zero-order valence-corrected chi connectivity index (χ0v) is 10.2. The third-order valence-corrected chi connectivity index (χ3v) is 2.67. The van der Waals surface area contributed by atoms with Crippen molar-refractivity contribution in [2.45, 2.75) is 26.8 Å². The van der Waals surface area contributed by atoms with Gasteiger partial charge in [0.15, 0.2) is 5.82 Å². The third-order valence-electron chi connectivity index (χ3n) is 2.67. The zero-order chi connectivity index (χ0) is 12.6. The number of anilines is 1. The van der Waals surface area contributed by atoms with Crippen LogP contribution in [-0.2, 0) is 0 Å². The van der Waals surface area contributed by atoms with Crippen molar-refractivity contribution in [3.63, 3.8) is 0 Å². The lowest BCUT2D eigenvalue weighted by atomic mass is 10.1. The second kappa shape index (κ2) is 4.08. The molecule has 17 heavy (non-hydrogen) atoms. The number of aromatic nitrogens is 3. The molecule has 0 saturated heterocycles. The largest absolute Gasteiger partial charge is 0.506 e. The summed E-state index contributed by atoms with van der Waals surface area (Å²) in [4.78, 5) is 0. The molecule has 0 atom stereocenters. The molecule has 1 heterocycles. The van der Waals surface area contributed by atoms with Crippen molar-refractivity contribution < 1.29 is 5.11 Å². The van der Waals surface area contributed by atoms with Gasteiger partial charge in [0, 0.05) is 11.6 Å². The Morgan fingerprint density at radius 2 is 2.00 bits per heavy atom. The molecule has 0 amide bonds. The van der Waals surface area contributed by atoms with Gasteiger partial charge >= 0.3 is 0 Å².